The molecule has 5 nitrogen and oxygen atoms in total. The van der Waals surface area contributed by atoms with Crippen LogP contribution in [-0.4, -0.2) is 20.1 Å². The maximum atomic E-state index is 11.6. The molecule has 0 heterocycles. The van der Waals surface area contributed by atoms with E-state index in [4.69, 9.17) is 4.74 Å². The smallest absolute Gasteiger partial charge is 0.285 e. The van der Waals surface area contributed by atoms with Gasteiger partial charge in [-0.3, -0.25) is 9.87 Å². The van der Waals surface area contributed by atoms with Crippen LogP contribution in [0.5, 0.6) is 5.75 Å². The third-order valence-corrected chi connectivity index (χ3v) is 4.09. The molecule has 2 aromatic rings. The molecule has 2 N–H and O–H groups in total. The summed E-state index contributed by atoms with van der Waals surface area (Å²) in [6.07, 6.45) is 0. The Morgan fingerprint density at radius 2 is 1.71 bits per heavy atom. The normalized spacial score (nSPS) is 12.9. The van der Waals surface area contributed by atoms with E-state index in [1.807, 2.05) is 30.3 Å². The third kappa shape index (κ3) is 4.29. The van der Waals surface area contributed by atoms with Crippen LogP contribution in [0.25, 0.3) is 0 Å². The Hall–Kier alpha value is -1.89. The van der Waals surface area contributed by atoms with Gasteiger partial charge in [0, 0.05) is 6.54 Å². The van der Waals surface area contributed by atoms with Gasteiger partial charge in [-0.1, -0.05) is 42.5 Å². The van der Waals surface area contributed by atoms with Crippen molar-refractivity contribution in [3.8, 4) is 5.75 Å². The first-order valence-electron chi connectivity index (χ1n) is 6.38. The molecule has 0 aliphatic carbocycles. The predicted octanol–water partition coefficient (Wildman–Crippen LogP) is 2.37. The molecular formula is C15H17NO4S. The largest absolute Gasteiger partial charge is 0.497 e. The lowest BCUT2D eigenvalue weighted by atomic mass is 10.2. The van der Waals surface area contributed by atoms with Gasteiger partial charge in [0.25, 0.3) is 10.1 Å². The van der Waals surface area contributed by atoms with E-state index in [2.05, 4.69) is 5.32 Å². The fourth-order valence-electron chi connectivity index (χ4n) is 1.98. The number of hydrogen-bond acceptors (Lipinski definition) is 4. The van der Waals surface area contributed by atoms with E-state index < -0.39 is 15.5 Å². The summed E-state index contributed by atoms with van der Waals surface area (Å²) in [4.78, 5) is 0. The van der Waals surface area contributed by atoms with Crippen LogP contribution in [0.3, 0.4) is 0 Å². The fourth-order valence-corrected chi connectivity index (χ4v) is 2.78. The van der Waals surface area contributed by atoms with Gasteiger partial charge in [-0.05, 0) is 23.3 Å². The molecule has 0 bridgehead atoms. The summed E-state index contributed by atoms with van der Waals surface area (Å²) in [7, 11) is -2.73. The highest BCUT2D eigenvalue weighted by molar-refractivity contribution is 7.86. The minimum Gasteiger partial charge on any atom is -0.497 e. The summed E-state index contributed by atoms with van der Waals surface area (Å²) in [5.74, 6) is 0.621. The van der Waals surface area contributed by atoms with Gasteiger partial charge in [-0.15, -0.1) is 0 Å². The molecule has 1 atom stereocenters. The SMILES string of the molecule is COc1ccc([C@@H](NCc2ccccc2)S(=O)(=O)O)cc1. The Kier molecular flexibility index (Phi) is 4.95. The maximum absolute atomic E-state index is 11.6. The van der Waals surface area contributed by atoms with E-state index in [0.29, 0.717) is 17.9 Å². The van der Waals surface area contributed by atoms with Crippen molar-refractivity contribution in [3.63, 3.8) is 0 Å². The highest BCUT2D eigenvalue weighted by Gasteiger charge is 2.24. The lowest BCUT2D eigenvalue weighted by Gasteiger charge is -2.16. The van der Waals surface area contributed by atoms with Crippen molar-refractivity contribution in [3.05, 3.63) is 65.7 Å². The van der Waals surface area contributed by atoms with Crippen LogP contribution in [0.4, 0.5) is 0 Å². The minimum atomic E-state index is -4.26. The Labute approximate surface area is 124 Å². The van der Waals surface area contributed by atoms with Crippen molar-refractivity contribution in [2.75, 3.05) is 7.11 Å². The van der Waals surface area contributed by atoms with Crippen molar-refractivity contribution in [1.82, 2.24) is 5.32 Å². The number of nitrogens with one attached hydrogen (secondary N) is 1. The van der Waals surface area contributed by atoms with Gasteiger partial charge in [0.15, 0.2) is 5.37 Å². The van der Waals surface area contributed by atoms with Gasteiger partial charge in [-0.2, -0.15) is 8.42 Å². The topological polar surface area (TPSA) is 75.6 Å². The number of hydrogen-bond donors (Lipinski definition) is 2. The van der Waals surface area contributed by atoms with Crippen molar-refractivity contribution in [1.29, 1.82) is 0 Å². The van der Waals surface area contributed by atoms with Crippen LogP contribution in [0.1, 0.15) is 16.5 Å². The minimum absolute atomic E-state index is 0.331. The highest BCUT2D eigenvalue weighted by atomic mass is 32.2. The van der Waals surface area contributed by atoms with E-state index >= 15 is 0 Å². The second-order valence-corrected chi connectivity index (χ2v) is 6.04. The Morgan fingerprint density at radius 3 is 2.24 bits per heavy atom. The van der Waals surface area contributed by atoms with Gasteiger partial charge < -0.3 is 4.74 Å². The molecule has 0 radical (unpaired) electrons. The Morgan fingerprint density at radius 1 is 1.10 bits per heavy atom. The van der Waals surface area contributed by atoms with E-state index in [0.717, 1.165) is 5.56 Å². The number of rotatable bonds is 6. The standard InChI is InChI=1S/C15H17NO4S/c1-20-14-9-7-13(8-10-14)15(21(17,18)19)16-11-12-5-3-2-4-6-12/h2-10,15-16H,11H2,1H3,(H,17,18,19)/t15-/m0/s1. The summed E-state index contributed by atoms with van der Waals surface area (Å²) >= 11 is 0. The molecular weight excluding hydrogens is 290 g/mol. The molecule has 0 aromatic heterocycles. The van der Waals surface area contributed by atoms with E-state index in [1.165, 1.54) is 7.11 Å². The van der Waals surface area contributed by atoms with Crippen molar-refractivity contribution in [2.45, 2.75) is 11.9 Å². The van der Waals surface area contributed by atoms with Gasteiger partial charge >= 0.3 is 0 Å². The van der Waals surface area contributed by atoms with Crippen LogP contribution < -0.4 is 10.1 Å². The van der Waals surface area contributed by atoms with Gasteiger partial charge in [0.1, 0.15) is 5.75 Å². The molecule has 0 aliphatic rings. The molecule has 2 aromatic carbocycles. The Bertz CT molecular complexity index is 669. The van der Waals surface area contributed by atoms with Crippen LogP contribution >= 0.6 is 0 Å². The third-order valence-electron chi connectivity index (χ3n) is 3.05. The summed E-state index contributed by atoms with van der Waals surface area (Å²) in [6, 6.07) is 15.9. The molecule has 0 saturated heterocycles. The first-order valence-corrected chi connectivity index (χ1v) is 7.88. The zero-order valence-electron chi connectivity index (χ0n) is 11.6. The van der Waals surface area contributed by atoms with Gasteiger partial charge in [0.05, 0.1) is 7.11 Å². The molecule has 21 heavy (non-hydrogen) atoms. The number of methoxy groups -OCH3 is 1. The van der Waals surface area contributed by atoms with E-state index in [1.54, 1.807) is 24.3 Å². The molecule has 0 saturated carbocycles. The van der Waals surface area contributed by atoms with E-state index in [9.17, 15) is 13.0 Å². The average Bonchev–Trinajstić information content (AvgIpc) is 2.48. The molecule has 2 rings (SSSR count). The molecule has 112 valence electrons. The highest BCUT2D eigenvalue weighted by Crippen LogP contribution is 2.22. The van der Waals surface area contributed by atoms with Crippen LogP contribution in [0.2, 0.25) is 0 Å². The molecule has 0 fully saturated rings. The molecule has 6 heteroatoms. The summed E-state index contributed by atoms with van der Waals surface area (Å²) in [6.45, 7) is 0.331. The molecule has 0 amide bonds. The predicted molar refractivity (Wildman–Crippen MR) is 80.6 cm³/mol. The summed E-state index contributed by atoms with van der Waals surface area (Å²) in [5, 5.41) is 1.67. The number of ether oxygens (including phenoxy) is 1. The van der Waals surface area contributed by atoms with Crippen LogP contribution in [-0.2, 0) is 16.7 Å². The first-order chi connectivity index (χ1) is 10.0. The zero-order chi connectivity index (χ0) is 15.3. The lowest BCUT2D eigenvalue weighted by Crippen LogP contribution is -2.28. The van der Waals surface area contributed by atoms with Gasteiger partial charge in [0.2, 0.25) is 0 Å². The number of benzene rings is 2. The Balaban J connectivity index is 2.18. The average molecular weight is 307 g/mol. The van der Waals surface area contributed by atoms with E-state index in [-0.39, 0.29) is 0 Å². The second-order valence-electron chi connectivity index (χ2n) is 4.53. The molecule has 0 aliphatic heterocycles. The van der Waals surface area contributed by atoms with Crippen molar-refractivity contribution in [2.24, 2.45) is 0 Å². The quantitative estimate of drug-likeness (QED) is 0.801. The summed E-state index contributed by atoms with van der Waals surface area (Å²) in [5.41, 5.74) is 1.38. The first kappa shape index (κ1) is 15.5. The summed E-state index contributed by atoms with van der Waals surface area (Å²) < 4.78 is 37.6. The van der Waals surface area contributed by atoms with Crippen molar-refractivity contribution >= 4 is 10.1 Å². The zero-order valence-corrected chi connectivity index (χ0v) is 12.4. The fraction of sp³-hybridized carbons (Fsp3) is 0.200. The second kappa shape index (κ2) is 6.71. The molecule has 0 unspecified atom stereocenters. The van der Waals surface area contributed by atoms with Gasteiger partial charge in [-0.25, -0.2) is 0 Å². The lowest BCUT2D eigenvalue weighted by molar-refractivity contribution is 0.414. The molecule has 0 spiro atoms. The van der Waals surface area contributed by atoms with Crippen LogP contribution in [0.15, 0.2) is 54.6 Å². The van der Waals surface area contributed by atoms with Crippen LogP contribution in [0, 0.1) is 0 Å². The monoisotopic (exact) mass is 307 g/mol. The maximum Gasteiger partial charge on any atom is 0.285 e. The van der Waals surface area contributed by atoms with Crippen molar-refractivity contribution < 1.29 is 17.7 Å².